The van der Waals surface area contributed by atoms with Gasteiger partial charge in [-0.15, -0.1) is 11.8 Å². The van der Waals surface area contributed by atoms with Crippen LogP contribution in [0.25, 0.3) is 10.9 Å². The normalized spacial score (nSPS) is 19.5. The predicted molar refractivity (Wildman–Crippen MR) is 164 cm³/mol. The average molecular weight is 594 g/mol. The molecule has 42 heavy (non-hydrogen) atoms. The van der Waals surface area contributed by atoms with E-state index in [-0.39, 0.29) is 30.0 Å². The van der Waals surface area contributed by atoms with Crippen molar-refractivity contribution >= 4 is 40.5 Å². The molecule has 224 valence electrons. The van der Waals surface area contributed by atoms with E-state index in [1.807, 2.05) is 61.7 Å². The monoisotopic (exact) mass is 593 g/mol. The summed E-state index contributed by atoms with van der Waals surface area (Å²) in [6.07, 6.45) is 3.12. The molecule has 1 aromatic carbocycles. The Morgan fingerprint density at radius 1 is 1.12 bits per heavy atom. The van der Waals surface area contributed by atoms with Crippen LogP contribution in [-0.4, -0.2) is 52.6 Å². The van der Waals surface area contributed by atoms with Gasteiger partial charge in [-0.3, -0.25) is 9.59 Å². The molecule has 1 aliphatic carbocycles. The van der Waals surface area contributed by atoms with Gasteiger partial charge in [0.05, 0.1) is 35.0 Å². The summed E-state index contributed by atoms with van der Waals surface area (Å²) in [7, 11) is 1.61. The maximum Gasteiger partial charge on any atom is 0.407 e. The molecule has 0 saturated heterocycles. The first-order chi connectivity index (χ1) is 20.1. The van der Waals surface area contributed by atoms with Crippen LogP contribution in [0.5, 0.6) is 5.75 Å². The zero-order chi connectivity index (χ0) is 29.9. The molecule has 0 radical (unpaired) electrons. The van der Waals surface area contributed by atoms with Crippen LogP contribution in [-0.2, 0) is 16.1 Å². The van der Waals surface area contributed by atoms with Crippen LogP contribution in [0.2, 0.25) is 0 Å². The number of nitrogens with one attached hydrogen (secondary N) is 3. The van der Waals surface area contributed by atoms with Crippen molar-refractivity contribution in [2.24, 2.45) is 5.92 Å². The summed E-state index contributed by atoms with van der Waals surface area (Å²) in [4.78, 5) is 43.4. The highest BCUT2D eigenvalue weighted by atomic mass is 32.2. The summed E-state index contributed by atoms with van der Waals surface area (Å²) >= 11 is 1.50. The molecule has 1 unspecified atom stereocenters. The van der Waals surface area contributed by atoms with Crippen LogP contribution in [0.4, 0.5) is 10.6 Å². The van der Waals surface area contributed by atoms with Gasteiger partial charge >= 0.3 is 6.09 Å². The van der Waals surface area contributed by atoms with E-state index in [2.05, 4.69) is 20.9 Å². The summed E-state index contributed by atoms with van der Waals surface area (Å²) in [6, 6.07) is 13.2. The SMILES string of the molecule is COc1ccc2ccc(=O)n(C(CNC(=O)OC(C)(C)C)C3CCC(NCc4ccc5c(n4)NC(=O)CS5)CC3)c2c1. The summed E-state index contributed by atoms with van der Waals surface area (Å²) in [5, 5.41) is 10.4. The number of alkyl carbamates (subject to hydrolysis) is 1. The van der Waals surface area contributed by atoms with Gasteiger partial charge in [-0.2, -0.15) is 0 Å². The van der Waals surface area contributed by atoms with E-state index >= 15 is 0 Å². The molecule has 2 amide bonds. The molecular weight excluding hydrogens is 554 g/mol. The molecule has 10 nitrogen and oxygen atoms in total. The van der Waals surface area contributed by atoms with Crippen molar-refractivity contribution in [3.8, 4) is 5.75 Å². The lowest BCUT2D eigenvalue weighted by Crippen LogP contribution is -2.42. The Morgan fingerprint density at radius 3 is 2.62 bits per heavy atom. The van der Waals surface area contributed by atoms with Crippen LogP contribution in [0.1, 0.15) is 58.2 Å². The molecule has 3 N–H and O–H groups in total. The maximum absolute atomic E-state index is 13.4. The minimum atomic E-state index is -0.621. The fourth-order valence-electron chi connectivity index (χ4n) is 5.73. The number of thioether (sulfide) groups is 1. The van der Waals surface area contributed by atoms with Crippen molar-refractivity contribution in [1.29, 1.82) is 0 Å². The van der Waals surface area contributed by atoms with Gasteiger partial charge in [0.2, 0.25) is 5.91 Å². The quantitative estimate of drug-likeness (QED) is 0.338. The van der Waals surface area contributed by atoms with Gasteiger partial charge < -0.3 is 30.0 Å². The molecule has 1 fully saturated rings. The largest absolute Gasteiger partial charge is 0.497 e. The van der Waals surface area contributed by atoms with Crippen molar-refractivity contribution < 1.29 is 19.1 Å². The molecular formula is C31H39N5O5S. The Labute approximate surface area is 249 Å². The zero-order valence-corrected chi connectivity index (χ0v) is 25.4. The van der Waals surface area contributed by atoms with Crippen LogP contribution in [0, 0.1) is 5.92 Å². The lowest BCUT2D eigenvalue weighted by atomic mass is 9.81. The lowest BCUT2D eigenvalue weighted by Gasteiger charge is -2.36. The minimum absolute atomic E-state index is 0.0251. The Balaban J connectivity index is 1.30. The van der Waals surface area contributed by atoms with E-state index in [1.165, 1.54) is 11.8 Å². The lowest BCUT2D eigenvalue weighted by molar-refractivity contribution is -0.113. The fourth-order valence-corrected chi connectivity index (χ4v) is 6.49. The van der Waals surface area contributed by atoms with E-state index in [1.54, 1.807) is 13.2 Å². The van der Waals surface area contributed by atoms with Crippen LogP contribution < -0.4 is 26.2 Å². The van der Waals surface area contributed by atoms with Crippen molar-refractivity contribution in [2.75, 3.05) is 24.7 Å². The predicted octanol–water partition coefficient (Wildman–Crippen LogP) is 4.86. The van der Waals surface area contributed by atoms with E-state index in [4.69, 9.17) is 9.47 Å². The molecule has 2 aliphatic rings. The van der Waals surface area contributed by atoms with Gasteiger partial charge in [-0.1, -0.05) is 0 Å². The van der Waals surface area contributed by atoms with E-state index in [0.717, 1.165) is 47.2 Å². The first-order valence-electron chi connectivity index (χ1n) is 14.4. The fraction of sp³-hybridized carbons (Fsp3) is 0.484. The molecule has 3 aromatic rings. The number of carbonyl (C=O) groups is 2. The number of hydrogen-bond donors (Lipinski definition) is 3. The first kappa shape index (κ1) is 29.9. The third kappa shape index (κ3) is 7.25. The van der Waals surface area contributed by atoms with Gasteiger partial charge in [-0.05, 0) is 88.1 Å². The molecule has 0 bridgehead atoms. The second-order valence-electron chi connectivity index (χ2n) is 11.9. The van der Waals surface area contributed by atoms with Crippen LogP contribution >= 0.6 is 11.8 Å². The molecule has 1 aliphatic heterocycles. The maximum atomic E-state index is 13.4. The van der Waals surface area contributed by atoms with Gasteiger partial charge in [0, 0.05) is 31.3 Å². The minimum Gasteiger partial charge on any atom is -0.497 e. The Morgan fingerprint density at radius 2 is 1.88 bits per heavy atom. The highest BCUT2D eigenvalue weighted by Crippen LogP contribution is 2.35. The number of anilines is 1. The van der Waals surface area contributed by atoms with Crippen molar-refractivity contribution in [2.45, 2.75) is 75.6 Å². The van der Waals surface area contributed by atoms with Crippen LogP contribution in [0.3, 0.4) is 0 Å². The van der Waals surface area contributed by atoms with Gasteiger partial charge in [0.25, 0.3) is 5.56 Å². The third-order valence-corrected chi connectivity index (χ3v) is 8.79. The zero-order valence-electron chi connectivity index (χ0n) is 24.6. The molecule has 3 heterocycles. The Kier molecular flexibility index (Phi) is 9.08. The van der Waals surface area contributed by atoms with E-state index in [0.29, 0.717) is 29.9 Å². The second kappa shape index (κ2) is 12.7. The van der Waals surface area contributed by atoms with Gasteiger partial charge in [0.1, 0.15) is 17.2 Å². The van der Waals surface area contributed by atoms with Crippen molar-refractivity contribution in [3.63, 3.8) is 0 Å². The van der Waals surface area contributed by atoms with Gasteiger partial charge in [0.15, 0.2) is 0 Å². The average Bonchev–Trinajstić information content (AvgIpc) is 2.96. The molecule has 5 rings (SSSR count). The third-order valence-electron chi connectivity index (χ3n) is 7.75. The summed E-state index contributed by atoms with van der Waals surface area (Å²) in [5.41, 5.74) is 0.927. The second-order valence-corrected chi connectivity index (χ2v) is 12.9. The number of benzene rings is 1. The smallest absolute Gasteiger partial charge is 0.407 e. The number of pyridine rings is 2. The van der Waals surface area contributed by atoms with E-state index < -0.39 is 11.7 Å². The Bertz CT molecular complexity index is 1510. The highest BCUT2D eigenvalue weighted by molar-refractivity contribution is 8.00. The number of ether oxygens (including phenoxy) is 2. The van der Waals surface area contributed by atoms with Crippen LogP contribution in [0.15, 0.2) is 52.2 Å². The van der Waals surface area contributed by atoms with Crippen molar-refractivity contribution in [3.05, 3.63) is 58.5 Å². The number of amides is 2. The topological polar surface area (TPSA) is 124 Å². The summed E-state index contributed by atoms with van der Waals surface area (Å²) < 4.78 is 12.8. The standard InChI is InChI=1S/C31H39N5O5S/c1-31(2,3)41-30(39)33-17-25(36-24-15-23(40-4)12-7-19(24)8-14-28(36)38)20-5-9-21(10-6-20)32-16-22-11-13-26-29(34-22)35-27(37)18-42-26/h7-8,11-15,20-21,25,32H,5-6,9-10,16-18H2,1-4H3,(H,33,39)(H,34,35,37). The molecule has 1 atom stereocenters. The van der Waals surface area contributed by atoms with Gasteiger partial charge in [-0.25, -0.2) is 9.78 Å². The highest BCUT2D eigenvalue weighted by Gasteiger charge is 2.31. The number of hydrogen-bond acceptors (Lipinski definition) is 8. The number of rotatable bonds is 8. The summed E-state index contributed by atoms with van der Waals surface area (Å²) in [5.74, 6) is 1.87. The number of nitrogens with zero attached hydrogens (tertiary/aromatic N) is 2. The molecule has 11 heteroatoms. The Hall–Kier alpha value is -3.57. The molecule has 0 spiro atoms. The van der Waals surface area contributed by atoms with Crippen molar-refractivity contribution in [1.82, 2.24) is 20.2 Å². The number of fused-ring (bicyclic) bond motifs is 2. The number of methoxy groups -OCH3 is 1. The molecule has 2 aromatic heterocycles. The van der Waals surface area contributed by atoms with E-state index in [9.17, 15) is 14.4 Å². The number of carbonyl (C=O) groups excluding carboxylic acids is 2. The first-order valence-corrected chi connectivity index (χ1v) is 15.4. The summed E-state index contributed by atoms with van der Waals surface area (Å²) in [6.45, 7) is 6.36. The molecule has 1 saturated carbocycles. The number of aromatic nitrogens is 2.